The van der Waals surface area contributed by atoms with Crippen LogP contribution in [0.5, 0.6) is 0 Å². The molecule has 0 unspecified atom stereocenters. The molecular weight excluding hydrogens is 250 g/mol. The topological polar surface area (TPSA) is 82.3 Å². The highest BCUT2D eigenvalue weighted by molar-refractivity contribution is 5.74. The summed E-state index contributed by atoms with van der Waals surface area (Å²) in [7, 11) is 1.13. The Labute approximate surface area is 101 Å². The fourth-order valence-corrected chi connectivity index (χ4v) is 1.50. The van der Waals surface area contributed by atoms with Gasteiger partial charge in [0.2, 0.25) is 0 Å². The third-order valence-corrected chi connectivity index (χ3v) is 2.35. The van der Waals surface area contributed by atoms with Gasteiger partial charge in [-0.3, -0.25) is 19.9 Å². The number of aromatic nitrogens is 1. The number of carbonyl (C=O) groups is 1. The summed E-state index contributed by atoms with van der Waals surface area (Å²) in [5.74, 6) is -0.705. The SMILES string of the molecule is COC(=O)Cc1cnc(C(F)F)c(C)c1[N+](=O)[O-]. The van der Waals surface area contributed by atoms with Gasteiger partial charge in [-0.05, 0) is 6.92 Å². The van der Waals surface area contributed by atoms with Crippen LogP contribution in [0.3, 0.4) is 0 Å². The van der Waals surface area contributed by atoms with Crippen molar-refractivity contribution in [1.82, 2.24) is 4.98 Å². The van der Waals surface area contributed by atoms with Crippen LogP contribution in [0.2, 0.25) is 0 Å². The number of carbonyl (C=O) groups excluding carboxylic acids is 1. The Morgan fingerprint density at radius 1 is 1.61 bits per heavy atom. The van der Waals surface area contributed by atoms with Gasteiger partial charge >= 0.3 is 5.97 Å². The minimum Gasteiger partial charge on any atom is -0.469 e. The van der Waals surface area contributed by atoms with E-state index in [0.29, 0.717) is 0 Å². The van der Waals surface area contributed by atoms with Crippen LogP contribution in [0.1, 0.15) is 23.2 Å². The Morgan fingerprint density at radius 3 is 2.67 bits per heavy atom. The summed E-state index contributed by atoms with van der Waals surface area (Å²) in [5.41, 5.74) is -1.47. The van der Waals surface area contributed by atoms with Gasteiger partial charge in [-0.2, -0.15) is 0 Å². The number of halogens is 2. The predicted molar refractivity (Wildman–Crippen MR) is 56.3 cm³/mol. The van der Waals surface area contributed by atoms with E-state index in [2.05, 4.69) is 9.72 Å². The first-order chi connectivity index (χ1) is 8.38. The van der Waals surface area contributed by atoms with E-state index in [1.807, 2.05) is 0 Å². The van der Waals surface area contributed by atoms with Crippen molar-refractivity contribution in [3.63, 3.8) is 0 Å². The zero-order chi connectivity index (χ0) is 13.9. The standard InChI is InChI=1S/C10H10F2N2O4/c1-5-8(10(11)12)13-4-6(3-7(15)18-2)9(5)14(16)17/h4,10H,3H2,1-2H3. The molecular formula is C10H10F2N2O4. The highest BCUT2D eigenvalue weighted by Crippen LogP contribution is 2.30. The molecule has 0 radical (unpaired) electrons. The molecule has 0 atom stereocenters. The van der Waals surface area contributed by atoms with Crippen molar-refractivity contribution in [2.75, 3.05) is 7.11 Å². The number of pyridine rings is 1. The first kappa shape index (κ1) is 13.9. The van der Waals surface area contributed by atoms with Crippen molar-refractivity contribution < 1.29 is 23.2 Å². The van der Waals surface area contributed by atoms with Gasteiger partial charge in [-0.25, -0.2) is 8.78 Å². The van der Waals surface area contributed by atoms with Crippen molar-refractivity contribution in [3.8, 4) is 0 Å². The third-order valence-electron chi connectivity index (χ3n) is 2.35. The maximum absolute atomic E-state index is 12.6. The summed E-state index contributed by atoms with van der Waals surface area (Å²) < 4.78 is 29.5. The van der Waals surface area contributed by atoms with Gasteiger partial charge in [0.05, 0.1) is 29.6 Å². The number of ether oxygens (including phenoxy) is 1. The van der Waals surface area contributed by atoms with Crippen LogP contribution in [0.4, 0.5) is 14.5 Å². The molecule has 0 fully saturated rings. The first-order valence-corrected chi connectivity index (χ1v) is 4.86. The fourth-order valence-electron chi connectivity index (χ4n) is 1.50. The average molecular weight is 260 g/mol. The van der Waals surface area contributed by atoms with E-state index in [-0.39, 0.29) is 17.5 Å². The molecule has 0 N–H and O–H groups in total. The number of rotatable bonds is 4. The summed E-state index contributed by atoms with van der Waals surface area (Å²) in [6.45, 7) is 1.17. The number of methoxy groups -OCH3 is 1. The summed E-state index contributed by atoms with van der Waals surface area (Å²) >= 11 is 0. The minimum absolute atomic E-state index is 0.0475. The minimum atomic E-state index is -2.91. The number of nitro groups is 1. The van der Waals surface area contributed by atoms with Gasteiger partial charge in [0.15, 0.2) is 0 Å². The molecule has 0 bridgehead atoms. The van der Waals surface area contributed by atoms with Gasteiger partial charge in [0.25, 0.3) is 12.1 Å². The quantitative estimate of drug-likeness (QED) is 0.469. The van der Waals surface area contributed by atoms with Gasteiger partial charge in [-0.1, -0.05) is 0 Å². The van der Waals surface area contributed by atoms with Crippen molar-refractivity contribution in [3.05, 3.63) is 33.1 Å². The second kappa shape index (κ2) is 5.48. The van der Waals surface area contributed by atoms with Crippen molar-refractivity contribution in [2.24, 2.45) is 0 Å². The number of alkyl halides is 2. The second-order valence-electron chi connectivity index (χ2n) is 3.45. The monoisotopic (exact) mass is 260 g/mol. The first-order valence-electron chi connectivity index (χ1n) is 4.86. The smallest absolute Gasteiger partial charge is 0.310 e. The lowest BCUT2D eigenvalue weighted by Crippen LogP contribution is -2.10. The molecule has 1 aromatic rings. The van der Waals surface area contributed by atoms with Gasteiger partial charge < -0.3 is 4.74 Å². The molecule has 0 aliphatic rings. The summed E-state index contributed by atoms with van der Waals surface area (Å²) in [6, 6.07) is 0. The third kappa shape index (κ3) is 2.76. The van der Waals surface area contributed by atoms with E-state index < -0.39 is 28.7 Å². The van der Waals surface area contributed by atoms with Crippen LogP contribution >= 0.6 is 0 Å². The van der Waals surface area contributed by atoms with Crippen LogP contribution in [-0.2, 0) is 16.0 Å². The molecule has 6 nitrogen and oxygen atoms in total. The molecule has 0 saturated carbocycles. The molecule has 8 heteroatoms. The molecule has 0 saturated heterocycles. The van der Waals surface area contributed by atoms with Crippen molar-refractivity contribution in [1.29, 1.82) is 0 Å². The molecule has 1 heterocycles. The molecule has 0 amide bonds. The second-order valence-corrected chi connectivity index (χ2v) is 3.45. The fraction of sp³-hybridized carbons (Fsp3) is 0.400. The highest BCUT2D eigenvalue weighted by atomic mass is 19.3. The van der Waals surface area contributed by atoms with Crippen LogP contribution in [-0.4, -0.2) is 23.0 Å². The molecule has 98 valence electrons. The van der Waals surface area contributed by atoms with E-state index >= 15 is 0 Å². The molecule has 18 heavy (non-hydrogen) atoms. The molecule has 0 aliphatic carbocycles. The number of nitrogens with zero attached hydrogens (tertiary/aromatic N) is 2. The summed E-state index contributed by atoms with van der Waals surface area (Å²) in [6.07, 6.45) is -2.39. The Hall–Kier alpha value is -2.12. The van der Waals surface area contributed by atoms with Gasteiger partial charge in [0.1, 0.15) is 5.69 Å². The normalized spacial score (nSPS) is 10.5. The lowest BCUT2D eigenvalue weighted by atomic mass is 10.1. The lowest BCUT2D eigenvalue weighted by Gasteiger charge is -2.08. The Balaban J connectivity index is 3.32. The van der Waals surface area contributed by atoms with Crippen LogP contribution < -0.4 is 0 Å². The molecule has 0 spiro atoms. The number of esters is 1. The zero-order valence-electron chi connectivity index (χ0n) is 9.65. The molecule has 0 aliphatic heterocycles. The Kier molecular flexibility index (Phi) is 4.24. The van der Waals surface area contributed by atoms with Crippen LogP contribution in [0.25, 0.3) is 0 Å². The largest absolute Gasteiger partial charge is 0.469 e. The maximum atomic E-state index is 12.6. The lowest BCUT2D eigenvalue weighted by molar-refractivity contribution is -0.386. The van der Waals surface area contributed by atoms with Crippen LogP contribution in [0, 0.1) is 17.0 Å². The Morgan fingerprint density at radius 2 is 2.22 bits per heavy atom. The molecule has 1 rings (SSSR count). The van der Waals surface area contributed by atoms with Gasteiger partial charge in [-0.15, -0.1) is 0 Å². The maximum Gasteiger partial charge on any atom is 0.310 e. The predicted octanol–water partition coefficient (Wildman–Crippen LogP) is 1.95. The number of hydrogen-bond acceptors (Lipinski definition) is 5. The Bertz CT molecular complexity index is 491. The van der Waals surface area contributed by atoms with E-state index in [9.17, 15) is 23.7 Å². The van der Waals surface area contributed by atoms with Crippen LogP contribution in [0.15, 0.2) is 6.20 Å². The zero-order valence-corrected chi connectivity index (χ0v) is 9.65. The van der Waals surface area contributed by atoms with E-state index in [1.165, 1.54) is 6.92 Å². The molecule has 0 aromatic carbocycles. The summed E-state index contributed by atoms with van der Waals surface area (Å²) in [4.78, 5) is 24.6. The van der Waals surface area contributed by atoms with E-state index in [0.717, 1.165) is 13.3 Å². The van der Waals surface area contributed by atoms with E-state index in [1.54, 1.807) is 0 Å². The average Bonchev–Trinajstić information content (AvgIpc) is 2.27. The highest BCUT2D eigenvalue weighted by Gasteiger charge is 2.26. The van der Waals surface area contributed by atoms with Crippen molar-refractivity contribution in [2.45, 2.75) is 19.8 Å². The van der Waals surface area contributed by atoms with E-state index in [4.69, 9.17) is 0 Å². The van der Waals surface area contributed by atoms with Gasteiger partial charge in [0, 0.05) is 6.20 Å². The number of hydrogen-bond donors (Lipinski definition) is 0. The summed E-state index contributed by atoms with van der Waals surface area (Å²) in [5, 5.41) is 10.9. The van der Waals surface area contributed by atoms with Crippen molar-refractivity contribution >= 4 is 11.7 Å². The molecule has 1 aromatic heterocycles.